The fourth-order valence-corrected chi connectivity index (χ4v) is 2.37. The van der Waals surface area contributed by atoms with Crippen molar-refractivity contribution in [1.82, 2.24) is 10.3 Å². The van der Waals surface area contributed by atoms with Crippen LogP contribution in [0.15, 0.2) is 46.9 Å². The molecule has 6 heteroatoms. The maximum atomic E-state index is 12.1. The number of methoxy groups -OCH3 is 1. The molecule has 0 fully saturated rings. The average Bonchev–Trinajstić information content (AvgIpc) is 3.04. The van der Waals surface area contributed by atoms with Gasteiger partial charge in [-0.05, 0) is 35.9 Å². The van der Waals surface area contributed by atoms with Crippen LogP contribution in [0.1, 0.15) is 31.2 Å². The first-order chi connectivity index (χ1) is 12.0. The quantitative estimate of drug-likeness (QED) is 0.727. The molecule has 1 heterocycles. The maximum absolute atomic E-state index is 12.1. The van der Waals surface area contributed by atoms with Gasteiger partial charge >= 0.3 is 6.03 Å². The zero-order valence-corrected chi connectivity index (χ0v) is 14.5. The Balaban J connectivity index is 1.60. The van der Waals surface area contributed by atoms with Gasteiger partial charge in [-0.25, -0.2) is 9.78 Å². The molecule has 0 unspecified atom stereocenters. The predicted molar refractivity (Wildman–Crippen MR) is 97.0 cm³/mol. The number of urea groups is 1. The van der Waals surface area contributed by atoms with Crippen molar-refractivity contribution in [2.75, 3.05) is 12.4 Å². The van der Waals surface area contributed by atoms with Crippen LogP contribution in [0.2, 0.25) is 0 Å². The van der Waals surface area contributed by atoms with Crippen LogP contribution in [0.25, 0.3) is 11.1 Å². The van der Waals surface area contributed by atoms with Crippen molar-refractivity contribution in [3.05, 3.63) is 53.9 Å². The molecule has 0 saturated heterocycles. The normalized spacial score (nSPS) is 10.9. The Morgan fingerprint density at radius 1 is 1.20 bits per heavy atom. The van der Waals surface area contributed by atoms with Crippen LogP contribution in [0, 0.1) is 0 Å². The fourth-order valence-electron chi connectivity index (χ4n) is 2.37. The van der Waals surface area contributed by atoms with E-state index in [4.69, 9.17) is 9.15 Å². The number of carbonyl (C=O) groups is 1. The molecule has 0 radical (unpaired) electrons. The lowest BCUT2D eigenvalue weighted by atomic mass is 10.2. The van der Waals surface area contributed by atoms with Gasteiger partial charge in [-0.15, -0.1) is 0 Å². The van der Waals surface area contributed by atoms with Gasteiger partial charge in [0.25, 0.3) is 0 Å². The van der Waals surface area contributed by atoms with Crippen molar-refractivity contribution < 1.29 is 13.9 Å². The summed E-state index contributed by atoms with van der Waals surface area (Å²) >= 11 is 0. The number of ether oxygens (including phenoxy) is 1. The van der Waals surface area contributed by atoms with Crippen LogP contribution in [-0.4, -0.2) is 18.1 Å². The zero-order valence-electron chi connectivity index (χ0n) is 14.5. The molecule has 0 aliphatic rings. The lowest BCUT2D eigenvalue weighted by molar-refractivity contribution is 0.251. The molecular weight excluding hydrogens is 318 g/mol. The highest BCUT2D eigenvalue weighted by molar-refractivity contribution is 5.91. The van der Waals surface area contributed by atoms with Crippen molar-refractivity contribution in [2.24, 2.45) is 0 Å². The molecule has 130 valence electrons. The van der Waals surface area contributed by atoms with Gasteiger partial charge < -0.3 is 19.8 Å². The van der Waals surface area contributed by atoms with Crippen molar-refractivity contribution in [3.8, 4) is 5.75 Å². The number of anilines is 1. The Kier molecular flexibility index (Phi) is 4.88. The van der Waals surface area contributed by atoms with Crippen molar-refractivity contribution in [2.45, 2.75) is 26.3 Å². The minimum absolute atomic E-state index is 0.219. The first-order valence-electron chi connectivity index (χ1n) is 8.13. The number of fused-ring (bicyclic) bond motifs is 1. The van der Waals surface area contributed by atoms with E-state index in [1.807, 2.05) is 44.2 Å². The van der Waals surface area contributed by atoms with Crippen molar-refractivity contribution in [3.63, 3.8) is 0 Å². The highest BCUT2D eigenvalue weighted by Crippen LogP contribution is 2.23. The third-order valence-corrected chi connectivity index (χ3v) is 3.77. The molecule has 1 aromatic heterocycles. The number of nitrogens with one attached hydrogen (secondary N) is 2. The van der Waals surface area contributed by atoms with E-state index in [1.165, 1.54) is 0 Å². The number of hydrogen-bond donors (Lipinski definition) is 2. The molecule has 0 aliphatic heterocycles. The summed E-state index contributed by atoms with van der Waals surface area (Å²) in [7, 11) is 1.62. The third kappa shape index (κ3) is 4.09. The number of amides is 2. The third-order valence-electron chi connectivity index (χ3n) is 3.77. The number of aromatic nitrogens is 1. The number of benzene rings is 2. The van der Waals surface area contributed by atoms with Crippen LogP contribution in [0.3, 0.4) is 0 Å². The van der Waals surface area contributed by atoms with Gasteiger partial charge in [0.2, 0.25) is 0 Å². The van der Waals surface area contributed by atoms with Gasteiger partial charge in [0.05, 0.1) is 7.11 Å². The smallest absolute Gasteiger partial charge is 0.319 e. The fraction of sp³-hybridized carbons (Fsp3) is 0.263. The number of nitrogens with zero attached hydrogens (tertiary/aromatic N) is 1. The minimum atomic E-state index is -0.275. The number of hydrogen-bond acceptors (Lipinski definition) is 4. The Morgan fingerprint density at radius 3 is 2.64 bits per heavy atom. The Hall–Kier alpha value is -3.02. The van der Waals surface area contributed by atoms with Gasteiger partial charge in [0.1, 0.15) is 11.3 Å². The molecule has 6 nitrogen and oxygen atoms in total. The van der Waals surface area contributed by atoms with Gasteiger partial charge in [0.15, 0.2) is 11.5 Å². The molecule has 0 aliphatic carbocycles. The van der Waals surface area contributed by atoms with Crippen LogP contribution in [0.5, 0.6) is 5.75 Å². The van der Waals surface area contributed by atoms with Gasteiger partial charge in [-0.2, -0.15) is 0 Å². The molecule has 0 bridgehead atoms. The summed E-state index contributed by atoms with van der Waals surface area (Å²) in [6.07, 6.45) is 0. The summed E-state index contributed by atoms with van der Waals surface area (Å²) in [4.78, 5) is 16.5. The zero-order chi connectivity index (χ0) is 17.8. The van der Waals surface area contributed by atoms with E-state index in [0.29, 0.717) is 23.7 Å². The van der Waals surface area contributed by atoms with E-state index in [1.54, 1.807) is 19.2 Å². The molecule has 3 rings (SSSR count). The molecule has 2 amide bonds. The second-order valence-corrected chi connectivity index (χ2v) is 6.05. The van der Waals surface area contributed by atoms with Crippen LogP contribution in [-0.2, 0) is 6.54 Å². The van der Waals surface area contributed by atoms with E-state index in [2.05, 4.69) is 15.6 Å². The summed E-state index contributed by atoms with van der Waals surface area (Å²) in [5, 5.41) is 5.63. The molecule has 3 aromatic rings. The number of oxazole rings is 1. The van der Waals surface area contributed by atoms with Crippen LogP contribution in [0.4, 0.5) is 10.5 Å². The van der Waals surface area contributed by atoms with Gasteiger partial charge in [-0.3, -0.25) is 0 Å². The lowest BCUT2D eigenvalue weighted by Crippen LogP contribution is -2.28. The number of carbonyl (C=O) groups excluding carboxylic acids is 1. The Labute approximate surface area is 146 Å². The maximum Gasteiger partial charge on any atom is 0.319 e. The van der Waals surface area contributed by atoms with E-state index in [9.17, 15) is 4.79 Å². The molecular formula is C19H21N3O3. The second-order valence-electron chi connectivity index (χ2n) is 6.05. The van der Waals surface area contributed by atoms with E-state index in [0.717, 1.165) is 16.8 Å². The van der Waals surface area contributed by atoms with Crippen LogP contribution < -0.4 is 15.4 Å². The molecule has 2 N–H and O–H groups in total. The first-order valence-corrected chi connectivity index (χ1v) is 8.13. The van der Waals surface area contributed by atoms with E-state index < -0.39 is 0 Å². The summed E-state index contributed by atoms with van der Waals surface area (Å²) in [6.45, 7) is 4.48. The summed E-state index contributed by atoms with van der Waals surface area (Å²) in [6, 6.07) is 12.7. The first kappa shape index (κ1) is 16.8. The standard InChI is InChI=1S/C19H21N3O3/c1-12(2)18-22-16-10-14(6-9-17(16)25-18)21-19(23)20-11-13-4-7-15(24-3)8-5-13/h4-10,12H,11H2,1-3H3,(H2,20,21,23). The van der Waals surface area contributed by atoms with Gasteiger partial charge in [0, 0.05) is 18.2 Å². The second kappa shape index (κ2) is 7.25. The van der Waals surface area contributed by atoms with Crippen molar-refractivity contribution >= 4 is 22.8 Å². The number of rotatable bonds is 5. The molecule has 0 spiro atoms. The summed E-state index contributed by atoms with van der Waals surface area (Å²) in [5.74, 6) is 1.70. The monoisotopic (exact) mass is 339 g/mol. The average molecular weight is 339 g/mol. The Bertz CT molecular complexity index is 869. The highest BCUT2D eigenvalue weighted by atomic mass is 16.5. The molecule has 0 atom stereocenters. The predicted octanol–water partition coefficient (Wildman–Crippen LogP) is 4.28. The topological polar surface area (TPSA) is 76.4 Å². The SMILES string of the molecule is COc1ccc(CNC(=O)Nc2ccc3oc(C(C)C)nc3c2)cc1. The Morgan fingerprint density at radius 2 is 1.96 bits per heavy atom. The van der Waals surface area contributed by atoms with E-state index >= 15 is 0 Å². The highest BCUT2D eigenvalue weighted by Gasteiger charge is 2.10. The van der Waals surface area contributed by atoms with Crippen molar-refractivity contribution in [1.29, 1.82) is 0 Å². The largest absolute Gasteiger partial charge is 0.497 e. The molecule has 0 saturated carbocycles. The van der Waals surface area contributed by atoms with Crippen LogP contribution >= 0.6 is 0 Å². The van der Waals surface area contributed by atoms with E-state index in [-0.39, 0.29) is 11.9 Å². The van der Waals surface area contributed by atoms with Gasteiger partial charge in [-0.1, -0.05) is 26.0 Å². The lowest BCUT2D eigenvalue weighted by Gasteiger charge is -2.08. The summed E-state index contributed by atoms with van der Waals surface area (Å²) in [5.41, 5.74) is 3.11. The molecule has 25 heavy (non-hydrogen) atoms. The minimum Gasteiger partial charge on any atom is -0.497 e. The summed E-state index contributed by atoms with van der Waals surface area (Å²) < 4.78 is 10.8. The molecule has 2 aromatic carbocycles.